The van der Waals surface area contributed by atoms with Crippen LogP contribution in [0.5, 0.6) is 0 Å². The monoisotopic (exact) mass is 294 g/mol. The normalized spacial score (nSPS) is 12.6. The van der Waals surface area contributed by atoms with Crippen molar-refractivity contribution in [3.8, 4) is 0 Å². The predicted molar refractivity (Wildman–Crippen MR) is 81.3 cm³/mol. The molecule has 1 N–H and O–H groups in total. The third kappa shape index (κ3) is 5.41. The summed E-state index contributed by atoms with van der Waals surface area (Å²) in [5.74, 6) is -0.400. The van der Waals surface area contributed by atoms with Gasteiger partial charge in [0.05, 0.1) is 4.92 Å². The zero-order valence-electron chi connectivity index (χ0n) is 12.9. The Hall–Kier alpha value is -2.11. The molecule has 0 fully saturated rings. The first-order valence-electron chi connectivity index (χ1n) is 6.97. The molecule has 1 atom stereocenters. The molecule has 6 nitrogen and oxygen atoms in total. The van der Waals surface area contributed by atoms with E-state index >= 15 is 0 Å². The summed E-state index contributed by atoms with van der Waals surface area (Å²) in [5, 5.41) is 13.9. The highest BCUT2D eigenvalue weighted by molar-refractivity contribution is 5.81. The second-order valence-electron chi connectivity index (χ2n) is 5.79. The van der Waals surface area contributed by atoms with Crippen LogP contribution >= 0.6 is 0 Å². The van der Waals surface area contributed by atoms with Crippen LogP contribution in [0.2, 0.25) is 0 Å². The highest BCUT2D eigenvalue weighted by Gasteiger charge is 2.26. The van der Waals surface area contributed by atoms with Crippen molar-refractivity contribution in [2.45, 2.75) is 52.2 Å². The second-order valence-corrected chi connectivity index (χ2v) is 5.79. The van der Waals surface area contributed by atoms with E-state index in [1.807, 2.05) is 6.92 Å². The molecule has 0 bridgehead atoms. The molecule has 0 amide bonds. The second kappa shape index (κ2) is 7.06. The zero-order valence-corrected chi connectivity index (χ0v) is 12.9. The standard InChI is InChI=1S/C15H22N2O4/c1-5-8-12(14(18)21-15(2,3)4)16-11-9-6-7-10-13(11)17(19)20/h6-7,9-10,12,16H,5,8H2,1-4H3. The first-order valence-corrected chi connectivity index (χ1v) is 6.97. The summed E-state index contributed by atoms with van der Waals surface area (Å²) in [6.45, 7) is 7.31. The van der Waals surface area contributed by atoms with E-state index in [1.54, 1.807) is 39.0 Å². The SMILES string of the molecule is CCCC(Nc1ccccc1[N+](=O)[O-])C(=O)OC(C)(C)C. The van der Waals surface area contributed by atoms with Crippen molar-refractivity contribution in [2.75, 3.05) is 5.32 Å². The van der Waals surface area contributed by atoms with E-state index in [-0.39, 0.29) is 5.69 Å². The molecule has 0 aliphatic heterocycles. The first-order chi connectivity index (χ1) is 9.74. The highest BCUT2D eigenvalue weighted by Crippen LogP contribution is 2.25. The van der Waals surface area contributed by atoms with Gasteiger partial charge in [0.1, 0.15) is 17.3 Å². The predicted octanol–water partition coefficient (Wildman–Crippen LogP) is 3.52. The van der Waals surface area contributed by atoms with Crippen LogP contribution in [0.15, 0.2) is 24.3 Å². The molecule has 1 rings (SSSR count). The molecule has 0 aliphatic rings. The van der Waals surface area contributed by atoms with E-state index in [4.69, 9.17) is 4.74 Å². The van der Waals surface area contributed by atoms with E-state index in [1.165, 1.54) is 6.07 Å². The Bertz CT molecular complexity index is 509. The van der Waals surface area contributed by atoms with Gasteiger partial charge in [0.25, 0.3) is 5.69 Å². The molecular formula is C15H22N2O4. The number of para-hydroxylation sites is 2. The maximum atomic E-state index is 12.2. The molecular weight excluding hydrogens is 272 g/mol. The van der Waals surface area contributed by atoms with Gasteiger partial charge < -0.3 is 10.1 Å². The summed E-state index contributed by atoms with van der Waals surface area (Å²) in [6.07, 6.45) is 1.30. The Morgan fingerprint density at radius 3 is 2.52 bits per heavy atom. The lowest BCUT2D eigenvalue weighted by Crippen LogP contribution is -2.36. The molecule has 1 unspecified atom stereocenters. The lowest BCUT2D eigenvalue weighted by atomic mass is 10.1. The molecule has 0 saturated carbocycles. The molecule has 6 heteroatoms. The lowest BCUT2D eigenvalue weighted by Gasteiger charge is -2.24. The molecule has 0 saturated heterocycles. The van der Waals surface area contributed by atoms with Crippen LogP contribution in [0, 0.1) is 10.1 Å². The average Bonchev–Trinajstić information content (AvgIpc) is 2.36. The largest absolute Gasteiger partial charge is 0.458 e. The van der Waals surface area contributed by atoms with Crippen LogP contribution < -0.4 is 5.32 Å². The fraction of sp³-hybridized carbons (Fsp3) is 0.533. The smallest absolute Gasteiger partial charge is 0.329 e. The van der Waals surface area contributed by atoms with Crippen LogP contribution in [-0.4, -0.2) is 22.5 Å². The number of nitrogens with one attached hydrogen (secondary N) is 1. The lowest BCUT2D eigenvalue weighted by molar-refractivity contribution is -0.384. The molecule has 1 aromatic rings. The maximum absolute atomic E-state index is 12.2. The summed E-state index contributed by atoms with van der Waals surface area (Å²) in [4.78, 5) is 22.7. The van der Waals surface area contributed by atoms with Gasteiger partial charge in [0.2, 0.25) is 0 Å². The molecule has 0 spiro atoms. The van der Waals surface area contributed by atoms with Crippen LogP contribution in [-0.2, 0) is 9.53 Å². The van der Waals surface area contributed by atoms with Gasteiger partial charge in [-0.05, 0) is 33.3 Å². The van der Waals surface area contributed by atoms with Crippen LogP contribution in [0.25, 0.3) is 0 Å². The topological polar surface area (TPSA) is 81.5 Å². The third-order valence-corrected chi connectivity index (χ3v) is 2.70. The molecule has 116 valence electrons. The van der Waals surface area contributed by atoms with Crippen LogP contribution in [0.1, 0.15) is 40.5 Å². The maximum Gasteiger partial charge on any atom is 0.329 e. The van der Waals surface area contributed by atoms with Gasteiger partial charge in [-0.15, -0.1) is 0 Å². The van der Waals surface area contributed by atoms with Crippen LogP contribution in [0.4, 0.5) is 11.4 Å². The fourth-order valence-corrected chi connectivity index (χ4v) is 1.85. The summed E-state index contributed by atoms with van der Waals surface area (Å²) >= 11 is 0. The summed E-state index contributed by atoms with van der Waals surface area (Å²) in [5.41, 5.74) is -0.318. The summed E-state index contributed by atoms with van der Waals surface area (Å²) < 4.78 is 5.35. The first kappa shape index (κ1) is 16.9. The van der Waals surface area contributed by atoms with Gasteiger partial charge in [-0.3, -0.25) is 10.1 Å². The summed E-state index contributed by atoms with van der Waals surface area (Å²) in [7, 11) is 0. The molecule has 0 aliphatic carbocycles. The van der Waals surface area contributed by atoms with Gasteiger partial charge in [0, 0.05) is 6.07 Å². The number of carbonyl (C=O) groups is 1. The number of benzene rings is 1. The molecule has 1 aromatic carbocycles. The quantitative estimate of drug-likeness (QED) is 0.493. The molecule has 21 heavy (non-hydrogen) atoms. The minimum Gasteiger partial charge on any atom is -0.458 e. The Morgan fingerprint density at radius 1 is 1.38 bits per heavy atom. The number of nitro benzene ring substituents is 1. The van der Waals surface area contributed by atoms with E-state index in [0.717, 1.165) is 6.42 Å². The highest BCUT2D eigenvalue weighted by atomic mass is 16.6. The average molecular weight is 294 g/mol. The molecule has 0 radical (unpaired) electrons. The van der Waals surface area contributed by atoms with Gasteiger partial charge in [-0.25, -0.2) is 4.79 Å². The molecule has 0 heterocycles. The van der Waals surface area contributed by atoms with Crippen molar-refractivity contribution < 1.29 is 14.5 Å². The van der Waals surface area contributed by atoms with Crippen molar-refractivity contribution in [3.05, 3.63) is 34.4 Å². The molecule has 0 aromatic heterocycles. The number of anilines is 1. The van der Waals surface area contributed by atoms with E-state index in [0.29, 0.717) is 12.1 Å². The number of nitrogens with zero attached hydrogens (tertiary/aromatic N) is 1. The Balaban J connectivity index is 2.93. The Morgan fingerprint density at radius 2 is 2.00 bits per heavy atom. The number of esters is 1. The Labute approximate surface area is 124 Å². The third-order valence-electron chi connectivity index (χ3n) is 2.70. The van der Waals surface area contributed by atoms with Crippen molar-refractivity contribution in [2.24, 2.45) is 0 Å². The zero-order chi connectivity index (χ0) is 16.0. The van der Waals surface area contributed by atoms with E-state index in [9.17, 15) is 14.9 Å². The fourth-order valence-electron chi connectivity index (χ4n) is 1.85. The van der Waals surface area contributed by atoms with E-state index < -0.39 is 22.5 Å². The van der Waals surface area contributed by atoms with Gasteiger partial charge >= 0.3 is 5.97 Å². The van der Waals surface area contributed by atoms with E-state index in [2.05, 4.69) is 5.32 Å². The van der Waals surface area contributed by atoms with Gasteiger partial charge in [-0.2, -0.15) is 0 Å². The number of rotatable bonds is 6. The van der Waals surface area contributed by atoms with Gasteiger partial charge in [0.15, 0.2) is 0 Å². The van der Waals surface area contributed by atoms with Crippen molar-refractivity contribution in [3.63, 3.8) is 0 Å². The minimum atomic E-state index is -0.602. The number of hydrogen-bond donors (Lipinski definition) is 1. The van der Waals surface area contributed by atoms with Gasteiger partial charge in [-0.1, -0.05) is 25.5 Å². The number of hydrogen-bond acceptors (Lipinski definition) is 5. The number of ether oxygens (including phenoxy) is 1. The number of nitro groups is 1. The minimum absolute atomic E-state index is 0.0536. The Kier molecular flexibility index (Phi) is 5.69. The summed E-state index contributed by atoms with van der Waals surface area (Å²) in [6, 6.07) is 5.67. The van der Waals surface area contributed by atoms with Crippen molar-refractivity contribution >= 4 is 17.3 Å². The van der Waals surface area contributed by atoms with Crippen LogP contribution in [0.3, 0.4) is 0 Å². The number of carbonyl (C=O) groups excluding carboxylic acids is 1. The van der Waals surface area contributed by atoms with Crippen molar-refractivity contribution in [1.82, 2.24) is 0 Å². The van der Waals surface area contributed by atoms with Crippen molar-refractivity contribution in [1.29, 1.82) is 0 Å².